The fourth-order valence-corrected chi connectivity index (χ4v) is 2.38. The van der Waals surface area contributed by atoms with Gasteiger partial charge in [0.1, 0.15) is 5.75 Å². The van der Waals surface area contributed by atoms with Gasteiger partial charge in [0, 0.05) is 33.1 Å². The number of hydrogen-bond donors (Lipinski definition) is 1. The summed E-state index contributed by atoms with van der Waals surface area (Å²) in [4.78, 5) is 13.4. The van der Waals surface area contributed by atoms with E-state index in [-0.39, 0.29) is 36.8 Å². The first kappa shape index (κ1) is 19.9. The number of ether oxygens (including phenoxy) is 1. The Labute approximate surface area is 138 Å². The lowest BCUT2D eigenvalue weighted by Gasteiger charge is -2.33. The van der Waals surface area contributed by atoms with Crippen LogP contribution in [-0.2, 0) is 4.79 Å². The maximum Gasteiger partial charge on any atom is 0.308 e. The molecule has 4 nitrogen and oxygen atoms in total. The summed E-state index contributed by atoms with van der Waals surface area (Å²) in [6.45, 7) is 9.32. The van der Waals surface area contributed by atoms with Gasteiger partial charge in [0.25, 0.3) is 0 Å². The summed E-state index contributed by atoms with van der Waals surface area (Å²) in [5, 5.41) is 3.34. The van der Waals surface area contributed by atoms with Crippen molar-refractivity contribution in [2.75, 3.05) is 26.2 Å². The molecule has 1 aliphatic rings. The van der Waals surface area contributed by atoms with Crippen molar-refractivity contribution in [1.82, 2.24) is 10.2 Å². The van der Waals surface area contributed by atoms with E-state index in [1.165, 1.54) is 6.92 Å². The molecule has 1 aromatic rings. The zero-order chi connectivity index (χ0) is 13.7. The molecule has 1 fully saturated rings. The van der Waals surface area contributed by atoms with Gasteiger partial charge in [-0.15, -0.1) is 31.4 Å². The highest BCUT2D eigenvalue weighted by molar-refractivity contribution is 5.85. The van der Waals surface area contributed by atoms with E-state index in [1.54, 1.807) is 6.07 Å². The Bertz CT molecular complexity index is 463. The lowest BCUT2D eigenvalue weighted by atomic mass is 10.0. The van der Waals surface area contributed by atoms with Gasteiger partial charge in [-0.05, 0) is 17.7 Å². The first-order valence-corrected chi connectivity index (χ1v) is 6.56. The topological polar surface area (TPSA) is 41.6 Å². The van der Waals surface area contributed by atoms with Crippen LogP contribution in [0.15, 0.2) is 36.9 Å². The highest BCUT2D eigenvalue weighted by Gasteiger charge is 2.19. The van der Waals surface area contributed by atoms with Crippen molar-refractivity contribution >= 4 is 30.8 Å². The van der Waals surface area contributed by atoms with Gasteiger partial charge in [0.2, 0.25) is 0 Å². The third kappa shape index (κ3) is 5.67. The van der Waals surface area contributed by atoms with Crippen LogP contribution in [-0.4, -0.2) is 37.0 Å². The molecule has 0 radical (unpaired) electrons. The molecular formula is C15H22Cl2N2O2. The second kappa shape index (κ2) is 9.79. The van der Waals surface area contributed by atoms with E-state index < -0.39 is 0 Å². The summed E-state index contributed by atoms with van der Waals surface area (Å²) in [5.74, 6) is 0.293. The van der Waals surface area contributed by atoms with Gasteiger partial charge in [0.15, 0.2) is 0 Å². The van der Waals surface area contributed by atoms with E-state index in [0.717, 1.165) is 31.7 Å². The van der Waals surface area contributed by atoms with Crippen LogP contribution in [0.4, 0.5) is 0 Å². The van der Waals surface area contributed by atoms with Gasteiger partial charge in [0.05, 0.1) is 6.04 Å². The van der Waals surface area contributed by atoms with Gasteiger partial charge in [-0.3, -0.25) is 9.69 Å². The minimum Gasteiger partial charge on any atom is -0.427 e. The Morgan fingerprint density at radius 2 is 2.05 bits per heavy atom. The van der Waals surface area contributed by atoms with E-state index in [9.17, 15) is 4.79 Å². The molecule has 0 aromatic heterocycles. The number of carbonyl (C=O) groups excluding carboxylic acids is 1. The van der Waals surface area contributed by atoms with E-state index in [1.807, 2.05) is 24.3 Å². The molecule has 118 valence electrons. The Hall–Kier alpha value is -1.07. The number of rotatable bonds is 4. The molecule has 1 atom stereocenters. The predicted molar refractivity (Wildman–Crippen MR) is 89.6 cm³/mol. The fraction of sp³-hybridized carbons (Fsp3) is 0.400. The van der Waals surface area contributed by atoms with E-state index >= 15 is 0 Å². The molecule has 0 amide bonds. The first-order valence-electron chi connectivity index (χ1n) is 6.56. The summed E-state index contributed by atoms with van der Waals surface area (Å²) in [5.41, 5.74) is 1.11. The van der Waals surface area contributed by atoms with Crippen molar-refractivity contribution < 1.29 is 9.53 Å². The third-order valence-electron chi connectivity index (χ3n) is 3.23. The Morgan fingerprint density at radius 1 is 1.38 bits per heavy atom. The predicted octanol–water partition coefficient (Wildman–Crippen LogP) is 2.59. The van der Waals surface area contributed by atoms with Crippen LogP contribution in [0, 0.1) is 0 Å². The van der Waals surface area contributed by atoms with Gasteiger partial charge in [-0.2, -0.15) is 0 Å². The SMILES string of the molecule is C=C[C@H](c1cccc(OC(C)=O)c1)N1CCNCC1.Cl.Cl. The van der Waals surface area contributed by atoms with Crippen molar-refractivity contribution in [3.05, 3.63) is 42.5 Å². The minimum absolute atomic E-state index is 0. The van der Waals surface area contributed by atoms with Gasteiger partial charge >= 0.3 is 5.97 Å². The summed E-state index contributed by atoms with van der Waals surface area (Å²) in [6.07, 6.45) is 1.94. The maximum absolute atomic E-state index is 11.0. The number of nitrogens with zero attached hydrogens (tertiary/aromatic N) is 1. The standard InChI is InChI=1S/C15H20N2O2.2ClH/c1-3-15(17-9-7-16-8-10-17)13-5-4-6-14(11-13)19-12(2)18;;/h3-6,11,15-16H,1,7-10H2,2H3;2*1H/t15-;;/m1../s1. The van der Waals surface area contributed by atoms with Gasteiger partial charge in [-0.1, -0.05) is 18.2 Å². The smallest absolute Gasteiger partial charge is 0.308 e. The van der Waals surface area contributed by atoms with Gasteiger partial charge in [-0.25, -0.2) is 0 Å². The van der Waals surface area contributed by atoms with Crippen molar-refractivity contribution in [2.24, 2.45) is 0 Å². The molecule has 0 aliphatic carbocycles. The quantitative estimate of drug-likeness (QED) is 0.522. The molecule has 0 unspecified atom stereocenters. The van der Waals surface area contributed by atoms with Crippen LogP contribution in [0.5, 0.6) is 5.75 Å². The Balaban J connectivity index is 0.00000200. The average molecular weight is 333 g/mol. The second-order valence-electron chi connectivity index (χ2n) is 4.63. The lowest BCUT2D eigenvalue weighted by molar-refractivity contribution is -0.131. The Morgan fingerprint density at radius 3 is 2.62 bits per heavy atom. The third-order valence-corrected chi connectivity index (χ3v) is 3.23. The molecule has 1 aliphatic heterocycles. The summed E-state index contributed by atoms with van der Waals surface area (Å²) >= 11 is 0. The summed E-state index contributed by atoms with van der Waals surface area (Å²) < 4.78 is 5.13. The van der Waals surface area contributed by atoms with Crippen molar-refractivity contribution in [2.45, 2.75) is 13.0 Å². The molecular weight excluding hydrogens is 311 g/mol. The van der Waals surface area contributed by atoms with Crippen LogP contribution in [0.3, 0.4) is 0 Å². The molecule has 21 heavy (non-hydrogen) atoms. The molecule has 1 aromatic carbocycles. The van der Waals surface area contributed by atoms with E-state index in [0.29, 0.717) is 5.75 Å². The normalized spacial score (nSPS) is 16.0. The van der Waals surface area contributed by atoms with E-state index in [2.05, 4.69) is 16.8 Å². The zero-order valence-corrected chi connectivity index (χ0v) is 13.7. The van der Waals surface area contributed by atoms with Crippen molar-refractivity contribution in [3.63, 3.8) is 0 Å². The average Bonchev–Trinajstić information content (AvgIpc) is 2.40. The number of hydrogen-bond acceptors (Lipinski definition) is 4. The fourth-order valence-electron chi connectivity index (χ4n) is 2.38. The highest BCUT2D eigenvalue weighted by atomic mass is 35.5. The monoisotopic (exact) mass is 332 g/mol. The van der Waals surface area contributed by atoms with Crippen LogP contribution < -0.4 is 10.1 Å². The summed E-state index contributed by atoms with van der Waals surface area (Å²) in [6, 6.07) is 7.82. The van der Waals surface area contributed by atoms with Crippen LogP contribution in [0.2, 0.25) is 0 Å². The number of carbonyl (C=O) groups is 1. The number of benzene rings is 1. The maximum atomic E-state index is 11.0. The number of nitrogens with one attached hydrogen (secondary N) is 1. The molecule has 0 spiro atoms. The summed E-state index contributed by atoms with van der Waals surface area (Å²) in [7, 11) is 0. The Kier molecular flexibility index (Phi) is 9.29. The van der Waals surface area contributed by atoms with Crippen LogP contribution in [0.1, 0.15) is 18.5 Å². The molecule has 6 heteroatoms. The van der Waals surface area contributed by atoms with Gasteiger partial charge < -0.3 is 10.1 Å². The largest absolute Gasteiger partial charge is 0.427 e. The lowest BCUT2D eigenvalue weighted by Crippen LogP contribution is -2.44. The van der Waals surface area contributed by atoms with E-state index in [4.69, 9.17) is 4.74 Å². The molecule has 1 heterocycles. The first-order chi connectivity index (χ1) is 9.20. The van der Waals surface area contributed by atoms with Crippen molar-refractivity contribution in [1.29, 1.82) is 0 Å². The second-order valence-corrected chi connectivity index (χ2v) is 4.63. The minimum atomic E-state index is -0.297. The molecule has 2 rings (SSSR count). The molecule has 0 saturated carbocycles. The molecule has 1 saturated heterocycles. The van der Waals surface area contributed by atoms with Crippen LogP contribution in [0.25, 0.3) is 0 Å². The number of piperazine rings is 1. The molecule has 1 N–H and O–H groups in total. The highest BCUT2D eigenvalue weighted by Crippen LogP contribution is 2.25. The van der Waals surface area contributed by atoms with Crippen molar-refractivity contribution in [3.8, 4) is 5.75 Å². The number of esters is 1. The molecule has 0 bridgehead atoms. The van der Waals surface area contributed by atoms with Crippen LogP contribution >= 0.6 is 24.8 Å². The zero-order valence-electron chi connectivity index (χ0n) is 12.1. The number of halogens is 2.